The fourth-order valence-corrected chi connectivity index (χ4v) is 3.32. The largest absolute Gasteiger partial charge is 0.376 e. The number of amides is 1. The molecule has 2 aromatic carbocycles. The number of aryl methyl sites for hydroxylation is 2. The summed E-state index contributed by atoms with van der Waals surface area (Å²) in [4.78, 5) is 14.7. The second kappa shape index (κ2) is 8.06. The molecule has 0 saturated carbocycles. The molecule has 0 bridgehead atoms. The molecule has 0 atom stereocenters. The third-order valence-electron chi connectivity index (χ3n) is 4.79. The summed E-state index contributed by atoms with van der Waals surface area (Å²) in [6.07, 6.45) is 3.89. The lowest BCUT2D eigenvalue weighted by molar-refractivity contribution is -0.114. The van der Waals surface area contributed by atoms with E-state index >= 15 is 0 Å². The van der Waals surface area contributed by atoms with Crippen LogP contribution in [0.5, 0.6) is 0 Å². The topological polar surface area (TPSA) is 44.4 Å². The van der Waals surface area contributed by atoms with Gasteiger partial charge < -0.3 is 15.5 Å². The zero-order valence-electron chi connectivity index (χ0n) is 15.1. The minimum Gasteiger partial charge on any atom is -0.376 e. The monoisotopic (exact) mass is 337 g/mol. The molecule has 2 aromatic rings. The number of benzene rings is 2. The van der Waals surface area contributed by atoms with Gasteiger partial charge in [-0.05, 0) is 68.5 Å². The summed E-state index contributed by atoms with van der Waals surface area (Å²) in [5, 5.41) is 6.21. The Balaban J connectivity index is 1.53. The number of nitrogens with one attached hydrogen (secondary N) is 2. The van der Waals surface area contributed by atoms with Crippen LogP contribution in [-0.2, 0) is 4.79 Å². The van der Waals surface area contributed by atoms with Gasteiger partial charge in [0, 0.05) is 30.2 Å². The van der Waals surface area contributed by atoms with Crippen LogP contribution in [0.25, 0.3) is 0 Å². The van der Waals surface area contributed by atoms with Crippen molar-refractivity contribution in [2.75, 3.05) is 35.2 Å². The van der Waals surface area contributed by atoms with Crippen LogP contribution in [0, 0.1) is 13.8 Å². The Morgan fingerprint density at radius 1 is 0.960 bits per heavy atom. The van der Waals surface area contributed by atoms with Gasteiger partial charge in [0.05, 0.1) is 6.54 Å². The number of hydrogen-bond donors (Lipinski definition) is 2. The molecule has 132 valence electrons. The Morgan fingerprint density at radius 3 is 2.24 bits per heavy atom. The Bertz CT molecular complexity index is 698. The van der Waals surface area contributed by atoms with Crippen molar-refractivity contribution in [3.05, 3.63) is 53.6 Å². The second-order valence-corrected chi connectivity index (χ2v) is 6.76. The van der Waals surface area contributed by atoms with E-state index in [-0.39, 0.29) is 12.5 Å². The average molecular weight is 337 g/mol. The van der Waals surface area contributed by atoms with Crippen molar-refractivity contribution in [3.63, 3.8) is 0 Å². The van der Waals surface area contributed by atoms with E-state index in [1.54, 1.807) is 0 Å². The van der Waals surface area contributed by atoms with Gasteiger partial charge in [0.1, 0.15) is 0 Å². The summed E-state index contributed by atoms with van der Waals surface area (Å²) >= 11 is 0. The van der Waals surface area contributed by atoms with Crippen LogP contribution in [0.2, 0.25) is 0 Å². The standard InChI is InChI=1S/C21H27N3O/c1-16-7-6-8-17(2)21(16)23-20(25)15-22-18-9-11-19(12-10-18)24-13-4-3-5-14-24/h6-12,22H,3-5,13-15H2,1-2H3,(H,23,25). The van der Waals surface area contributed by atoms with Gasteiger partial charge in [-0.25, -0.2) is 0 Å². The summed E-state index contributed by atoms with van der Waals surface area (Å²) < 4.78 is 0. The molecule has 1 aliphatic heterocycles. The van der Waals surface area contributed by atoms with Gasteiger partial charge in [-0.1, -0.05) is 18.2 Å². The van der Waals surface area contributed by atoms with Gasteiger partial charge in [-0.3, -0.25) is 4.79 Å². The quantitative estimate of drug-likeness (QED) is 0.853. The van der Waals surface area contributed by atoms with E-state index in [0.29, 0.717) is 0 Å². The van der Waals surface area contributed by atoms with Crippen molar-refractivity contribution in [2.45, 2.75) is 33.1 Å². The third kappa shape index (κ3) is 4.53. The maximum atomic E-state index is 12.2. The van der Waals surface area contributed by atoms with Gasteiger partial charge in [-0.15, -0.1) is 0 Å². The Labute approximate surface area is 150 Å². The second-order valence-electron chi connectivity index (χ2n) is 6.76. The van der Waals surface area contributed by atoms with E-state index in [9.17, 15) is 4.79 Å². The molecule has 0 aromatic heterocycles. The maximum absolute atomic E-state index is 12.2. The first-order valence-corrected chi connectivity index (χ1v) is 9.08. The summed E-state index contributed by atoms with van der Waals surface area (Å²) in [5.41, 5.74) is 5.32. The fraction of sp³-hybridized carbons (Fsp3) is 0.381. The SMILES string of the molecule is Cc1cccc(C)c1NC(=O)CNc1ccc(N2CCCCC2)cc1. The fourth-order valence-electron chi connectivity index (χ4n) is 3.32. The van der Waals surface area contributed by atoms with Gasteiger partial charge in [0.25, 0.3) is 0 Å². The first kappa shape index (κ1) is 17.3. The highest BCUT2D eigenvalue weighted by atomic mass is 16.1. The first-order valence-electron chi connectivity index (χ1n) is 9.08. The lowest BCUT2D eigenvalue weighted by atomic mass is 10.1. The molecule has 0 spiro atoms. The first-order chi connectivity index (χ1) is 12.1. The Morgan fingerprint density at radius 2 is 1.60 bits per heavy atom. The Hall–Kier alpha value is -2.49. The van der Waals surface area contributed by atoms with Crippen molar-refractivity contribution in [1.82, 2.24) is 0 Å². The van der Waals surface area contributed by atoms with Gasteiger partial charge >= 0.3 is 0 Å². The number of anilines is 3. The molecular formula is C21H27N3O. The predicted molar refractivity (Wildman–Crippen MR) is 106 cm³/mol. The molecule has 0 aliphatic carbocycles. The highest BCUT2D eigenvalue weighted by Crippen LogP contribution is 2.22. The molecule has 0 unspecified atom stereocenters. The van der Waals surface area contributed by atoms with E-state index in [4.69, 9.17) is 0 Å². The van der Waals surface area contributed by atoms with E-state index in [1.165, 1.54) is 24.9 Å². The lowest BCUT2D eigenvalue weighted by Crippen LogP contribution is -2.29. The molecule has 1 aliphatic rings. The number of hydrogen-bond acceptors (Lipinski definition) is 3. The average Bonchev–Trinajstić information content (AvgIpc) is 2.64. The minimum atomic E-state index is -0.0301. The number of piperidine rings is 1. The summed E-state index contributed by atoms with van der Waals surface area (Å²) in [7, 11) is 0. The normalized spacial score (nSPS) is 14.2. The molecule has 25 heavy (non-hydrogen) atoms. The van der Waals surface area contributed by atoms with E-state index in [1.807, 2.05) is 32.0 Å². The van der Waals surface area contributed by atoms with E-state index in [0.717, 1.165) is 35.6 Å². The third-order valence-corrected chi connectivity index (χ3v) is 4.79. The molecule has 1 fully saturated rings. The van der Waals surface area contributed by atoms with Crippen molar-refractivity contribution in [1.29, 1.82) is 0 Å². The number of rotatable bonds is 5. The number of nitrogens with zero attached hydrogens (tertiary/aromatic N) is 1. The van der Waals surface area contributed by atoms with Crippen molar-refractivity contribution in [3.8, 4) is 0 Å². The highest BCUT2D eigenvalue weighted by molar-refractivity contribution is 5.95. The maximum Gasteiger partial charge on any atom is 0.243 e. The lowest BCUT2D eigenvalue weighted by Gasteiger charge is -2.28. The van der Waals surface area contributed by atoms with Gasteiger partial charge in [0.2, 0.25) is 5.91 Å². The minimum absolute atomic E-state index is 0.0301. The van der Waals surface area contributed by atoms with Crippen LogP contribution in [-0.4, -0.2) is 25.5 Å². The number of carbonyl (C=O) groups excluding carboxylic acids is 1. The zero-order valence-corrected chi connectivity index (χ0v) is 15.1. The van der Waals surface area contributed by atoms with Crippen LogP contribution in [0.1, 0.15) is 30.4 Å². The van der Waals surface area contributed by atoms with Crippen LogP contribution in [0.4, 0.5) is 17.1 Å². The number of para-hydroxylation sites is 1. The van der Waals surface area contributed by atoms with Crippen molar-refractivity contribution in [2.24, 2.45) is 0 Å². The van der Waals surface area contributed by atoms with Crippen molar-refractivity contribution < 1.29 is 4.79 Å². The Kier molecular flexibility index (Phi) is 5.59. The molecule has 4 heteroatoms. The smallest absolute Gasteiger partial charge is 0.243 e. The van der Waals surface area contributed by atoms with E-state index < -0.39 is 0 Å². The van der Waals surface area contributed by atoms with Crippen LogP contribution < -0.4 is 15.5 Å². The molecular weight excluding hydrogens is 310 g/mol. The summed E-state index contributed by atoms with van der Waals surface area (Å²) in [6, 6.07) is 14.4. The summed E-state index contributed by atoms with van der Waals surface area (Å²) in [5.74, 6) is -0.0301. The highest BCUT2D eigenvalue weighted by Gasteiger charge is 2.11. The van der Waals surface area contributed by atoms with Gasteiger partial charge in [-0.2, -0.15) is 0 Å². The molecule has 2 N–H and O–H groups in total. The molecule has 4 nitrogen and oxygen atoms in total. The van der Waals surface area contributed by atoms with Gasteiger partial charge in [0.15, 0.2) is 0 Å². The molecule has 0 radical (unpaired) electrons. The van der Waals surface area contributed by atoms with Crippen LogP contribution in [0.3, 0.4) is 0 Å². The predicted octanol–water partition coefficient (Wildman–Crippen LogP) is 4.34. The zero-order chi connectivity index (χ0) is 17.6. The summed E-state index contributed by atoms with van der Waals surface area (Å²) in [6.45, 7) is 6.57. The molecule has 3 rings (SSSR count). The van der Waals surface area contributed by atoms with Crippen LogP contribution in [0.15, 0.2) is 42.5 Å². The molecule has 1 heterocycles. The van der Waals surface area contributed by atoms with Crippen molar-refractivity contribution >= 4 is 23.0 Å². The molecule has 1 saturated heterocycles. The molecule has 1 amide bonds. The van der Waals surface area contributed by atoms with E-state index in [2.05, 4.69) is 39.8 Å². The van der Waals surface area contributed by atoms with Crippen LogP contribution >= 0.6 is 0 Å². The number of carbonyl (C=O) groups is 1.